The maximum Gasteiger partial charge on any atom is 0.223 e. The average molecular weight is 406 g/mol. The maximum absolute atomic E-state index is 12.5. The largest absolute Gasteiger partial charge is 0.491 e. The summed E-state index contributed by atoms with van der Waals surface area (Å²) < 4.78 is 8.43. The molecule has 1 amide bonds. The number of benzene rings is 2. The van der Waals surface area contributed by atoms with Gasteiger partial charge in [-0.1, -0.05) is 43.7 Å². The Bertz CT molecular complexity index is 1020. The zero-order valence-corrected chi connectivity index (χ0v) is 18.2. The highest BCUT2D eigenvalue weighted by Crippen LogP contribution is 2.31. The molecule has 0 bridgehead atoms. The summed E-state index contributed by atoms with van der Waals surface area (Å²) in [4.78, 5) is 19.5. The molecule has 1 atom stereocenters. The summed E-state index contributed by atoms with van der Waals surface area (Å²) in [6, 6.07) is 14.4. The molecule has 3 aromatic rings. The van der Waals surface area contributed by atoms with Crippen molar-refractivity contribution < 1.29 is 9.53 Å². The third-order valence-corrected chi connectivity index (χ3v) is 6.02. The number of likely N-dealkylation sites (tertiary alicyclic amines) is 1. The standard InChI is InChI=1S/C25H31N3O2/c1-4-5-13-27-17-20(16-23(27)29)25-26-21-11-6-7-12-22(21)28(25)14-15-30-24-18(2)9-8-10-19(24)3/h6-12,20H,4-5,13-17H2,1-3H3/t20-/m1/s1. The van der Waals surface area contributed by atoms with Crippen molar-refractivity contribution >= 4 is 16.9 Å². The van der Waals surface area contributed by atoms with Crippen LogP contribution in [0.25, 0.3) is 11.0 Å². The second kappa shape index (κ2) is 8.90. The van der Waals surface area contributed by atoms with E-state index >= 15 is 0 Å². The molecule has 5 nitrogen and oxygen atoms in total. The Morgan fingerprint density at radius 2 is 1.83 bits per heavy atom. The number of fused-ring (bicyclic) bond motifs is 1. The highest BCUT2D eigenvalue weighted by Gasteiger charge is 2.33. The van der Waals surface area contributed by atoms with Crippen LogP contribution in [0.1, 0.15) is 49.1 Å². The quantitative estimate of drug-likeness (QED) is 0.538. The lowest BCUT2D eigenvalue weighted by Crippen LogP contribution is -2.26. The van der Waals surface area contributed by atoms with Crippen LogP contribution < -0.4 is 4.74 Å². The molecule has 1 saturated heterocycles. The Balaban J connectivity index is 1.56. The predicted molar refractivity (Wildman–Crippen MR) is 120 cm³/mol. The summed E-state index contributed by atoms with van der Waals surface area (Å²) in [5.41, 5.74) is 4.40. The fraction of sp³-hybridized carbons (Fsp3) is 0.440. The number of rotatable bonds is 8. The molecule has 0 radical (unpaired) electrons. The fourth-order valence-electron chi connectivity index (χ4n) is 4.42. The predicted octanol–water partition coefficient (Wildman–Crippen LogP) is 4.85. The van der Waals surface area contributed by atoms with Crippen molar-refractivity contribution in [2.24, 2.45) is 0 Å². The Hall–Kier alpha value is -2.82. The van der Waals surface area contributed by atoms with Crippen LogP contribution in [-0.4, -0.2) is 40.1 Å². The number of hydrogen-bond acceptors (Lipinski definition) is 3. The Kier molecular flexibility index (Phi) is 6.07. The van der Waals surface area contributed by atoms with Gasteiger partial charge in [0.05, 0.1) is 17.6 Å². The van der Waals surface area contributed by atoms with E-state index in [1.54, 1.807) is 0 Å². The number of amides is 1. The summed E-state index contributed by atoms with van der Waals surface area (Å²) in [6.07, 6.45) is 2.70. The van der Waals surface area contributed by atoms with Crippen LogP contribution in [0.4, 0.5) is 0 Å². The van der Waals surface area contributed by atoms with Crippen molar-refractivity contribution in [3.8, 4) is 5.75 Å². The second-order valence-corrected chi connectivity index (χ2v) is 8.27. The molecule has 2 aromatic carbocycles. The van der Waals surface area contributed by atoms with E-state index in [1.807, 2.05) is 23.1 Å². The van der Waals surface area contributed by atoms with Crippen LogP contribution in [0, 0.1) is 13.8 Å². The highest BCUT2D eigenvalue weighted by atomic mass is 16.5. The van der Waals surface area contributed by atoms with E-state index in [0.717, 1.165) is 59.7 Å². The molecule has 0 N–H and O–H groups in total. The van der Waals surface area contributed by atoms with E-state index in [4.69, 9.17) is 9.72 Å². The summed E-state index contributed by atoms with van der Waals surface area (Å²) in [5.74, 6) is 2.36. The first kappa shape index (κ1) is 20.5. The minimum atomic E-state index is 0.141. The third-order valence-electron chi connectivity index (χ3n) is 6.02. The van der Waals surface area contributed by atoms with Gasteiger partial charge in [-0.25, -0.2) is 4.98 Å². The van der Waals surface area contributed by atoms with Gasteiger partial charge in [-0.05, 0) is 43.5 Å². The van der Waals surface area contributed by atoms with Gasteiger partial charge in [0.15, 0.2) is 0 Å². The molecule has 0 aliphatic carbocycles. The van der Waals surface area contributed by atoms with Gasteiger partial charge in [-0.3, -0.25) is 4.79 Å². The first-order chi connectivity index (χ1) is 14.6. The summed E-state index contributed by atoms with van der Waals surface area (Å²) in [6.45, 7) is 9.21. The second-order valence-electron chi connectivity index (χ2n) is 8.27. The lowest BCUT2D eigenvalue weighted by Gasteiger charge is -2.17. The van der Waals surface area contributed by atoms with Gasteiger partial charge in [-0.15, -0.1) is 0 Å². The number of ether oxygens (including phenoxy) is 1. The van der Waals surface area contributed by atoms with Gasteiger partial charge in [-0.2, -0.15) is 0 Å². The number of aryl methyl sites for hydroxylation is 2. The van der Waals surface area contributed by atoms with Crippen LogP contribution in [-0.2, 0) is 11.3 Å². The van der Waals surface area contributed by atoms with Gasteiger partial charge in [0.2, 0.25) is 5.91 Å². The number of carbonyl (C=O) groups is 1. The van der Waals surface area contributed by atoms with E-state index < -0.39 is 0 Å². The zero-order valence-electron chi connectivity index (χ0n) is 18.2. The van der Waals surface area contributed by atoms with Gasteiger partial charge in [0.1, 0.15) is 18.2 Å². The topological polar surface area (TPSA) is 47.4 Å². The molecule has 4 rings (SSSR count). The van der Waals surface area contributed by atoms with Crippen molar-refractivity contribution in [1.82, 2.24) is 14.5 Å². The molecule has 2 heterocycles. The lowest BCUT2D eigenvalue weighted by atomic mass is 10.1. The molecular formula is C25H31N3O2. The number of aromatic nitrogens is 2. The zero-order chi connectivity index (χ0) is 21.1. The number of imidazole rings is 1. The summed E-state index contributed by atoms with van der Waals surface area (Å²) in [5, 5.41) is 0. The van der Waals surface area contributed by atoms with Crippen molar-refractivity contribution in [3.05, 3.63) is 59.4 Å². The van der Waals surface area contributed by atoms with Gasteiger partial charge >= 0.3 is 0 Å². The molecular weight excluding hydrogens is 374 g/mol. The van der Waals surface area contributed by atoms with Crippen LogP contribution >= 0.6 is 0 Å². The van der Waals surface area contributed by atoms with Crippen molar-refractivity contribution in [3.63, 3.8) is 0 Å². The van der Waals surface area contributed by atoms with Gasteiger partial charge < -0.3 is 14.2 Å². The average Bonchev–Trinajstić information content (AvgIpc) is 3.29. The fourth-order valence-corrected chi connectivity index (χ4v) is 4.42. The van der Waals surface area contributed by atoms with E-state index in [1.165, 1.54) is 0 Å². The third kappa shape index (κ3) is 4.07. The Morgan fingerprint density at radius 1 is 1.07 bits per heavy atom. The van der Waals surface area contributed by atoms with E-state index in [-0.39, 0.29) is 11.8 Å². The number of carbonyl (C=O) groups excluding carboxylic acids is 1. The molecule has 30 heavy (non-hydrogen) atoms. The van der Waals surface area contributed by atoms with Crippen LogP contribution in [0.2, 0.25) is 0 Å². The van der Waals surface area contributed by atoms with Crippen molar-refractivity contribution in [2.75, 3.05) is 19.7 Å². The normalized spacial score (nSPS) is 16.6. The molecule has 1 aliphatic rings. The summed E-state index contributed by atoms with van der Waals surface area (Å²) >= 11 is 0. The van der Waals surface area contributed by atoms with Crippen LogP contribution in [0.3, 0.4) is 0 Å². The van der Waals surface area contributed by atoms with E-state index in [2.05, 4.69) is 49.6 Å². The van der Waals surface area contributed by atoms with E-state index in [0.29, 0.717) is 19.6 Å². The van der Waals surface area contributed by atoms with Crippen LogP contribution in [0.15, 0.2) is 42.5 Å². The molecule has 0 saturated carbocycles. The number of para-hydroxylation sites is 3. The minimum Gasteiger partial charge on any atom is -0.491 e. The molecule has 1 aromatic heterocycles. The SMILES string of the molecule is CCCCN1C[C@H](c2nc3ccccc3n2CCOc2c(C)cccc2C)CC1=O. The first-order valence-electron chi connectivity index (χ1n) is 11.0. The molecule has 1 aliphatic heterocycles. The highest BCUT2D eigenvalue weighted by molar-refractivity contribution is 5.80. The Labute approximate surface area is 178 Å². The molecule has 5 heteroatoms. The number of nitrogens with zero attached hydrogens (tertiary/aromatic N) is 3. The molecule has 158 valence electrons. The monoisotopic (exact) mass is 405 g/mol. The molecule has 1 fully saturated rings. The minimum absolute atomic E-state index is 0.141. The first-order valence-corrected chi connectivity index (χ1v) is 11.0. The van der Waals surface area contributed by atoms with Gasteiger partial charge in [0.25, 0.3) is 0 Å². The van der Waals surface area contributed by atoms with E-state index in [9.17, 15) is 4.79 Å². The lowest BCUT2D eigenvalue weighted by molar-refractivity contribution is -0.127. The van der Waals surface area contributed by atoms with Crippen molar-refractivity contribution in [2.45, 2.75) is 52.5 Å². The Morgan fingerprint density at radius 3 is 2.60 bits per heavy atom. The maximum atomic E-state index is 12.5. The summed E-state index contributed by atoms with van der Waals surface area (Å²) in [7, 11) is 0. The molecule has 0 spiro atoms. The number of unbranched alkanes of at least 4 members (excludes halogenated alkanes) is 1. The number of hydrogen-bond donors (Lipinski definition) is 0. The molecule has 0 unspecified atom stereocenters. The van der Waals surface area contributed by atoms with Gasteiger partial charge in [0, 0.05) is 25.4 Å². The van der Waals surface area contributed by atoms with Crippen molar-refractivity contribution in [1.29, 1.82) is 0 Å². The smallest absolute Gasteiger partial charge is 0.223 e. The van der Waals surface area contributed by atoms with Crippen LogP contribution in [0.5, 0.6) is 5.75 Å².